The van der Waals surface area contributed by atoms with Crippen molar-refractivity contribution in [2.24, 2.45) is 0 Å². The highest BCUT2D eigenvalue weighted by Crippen LogP contribution is 2.26. The monoisotopic (exact) mass is 300 g/mol. The molecule has 0 aromatic heterocycles. The second kappa shape index (κ2) is 6.71. The number of nitrogens with one attached hydrogen (secondary N) is 1. The number of likely N-dealkylation sites (N-methyl/N-ethyl adjacent to an activating group) is 1. The fourth-order valence-electron chi connectivity index (χ4n) is 2.31. The van der Waals surface area contributed by atoms with Crippen molar-refractivity contribution >= 4 is 5.91 Å². The number of hydrogen-bond acceptors (Lipinski definition) is 2. The van der Waals surface area contributed by atoms with Crippen molar-refractivity contribution in [2.45, 2.75) is 19.0 Å². The number of halogens is 1. The average Bonchev–Trinajstić information content (AvgIpc) is 2.53. The van der Waals surface area contributed by atoms with Crippen LogP contribution in [0, 0.1) is 5.82 Å². The molecular weight excluding hydrogens is 279 g/mol. The van der Waals surface area contributed by atoms with Gasteiger partial charge in [-0.05, 0) is 44.3 Å². The normalized spacial score (nSPS) is 13.7. The number of nitrogens with zero attached hydrogens (tertiary/aromatic N) is 1. The number of rotatable bonds is 5. The first kappa shape index (κ1) is 16.2. The van der Waals surface area contributed by atoms with Gasteiger partial charge in [-0.3, -0.25) is 9.69 Å². The molecule has 2 rings (SSSR count). The number of hydrogen-bond donors (Lipinski definition) is 1. The van der Waals surface area contributed by atoms with Crippen LogP contribution in [-0.2, 0) is 16.9 Å². The van der Waals surface area contributed by atoms with E-state index in [9.17, 15) is 9.18 Å². The molecule has 2 aromatic rings. The molecule has 3 nitrogen and oxygen atoms in total. The van der Waals surface area contributed by atoms with Crippen LogP contribution in [0.1, 0.15) is 18.1 Å². The molecule has 22 heavy (non-hydrogen) atoms. The predicted octanol–water partition coefficient (Wildman–Crippen LogP) is 2.92. The molecule has 0 heterocycles. The van der Waals surface area contributed by atoms with Crippen molar-refractivity contribution in [3.63, 3.8) is 0 Å². The molecule has 1 N–H and O–H groups in total. The maximum atomic E-state index is 12.9. The van der Waals surface area contributed by atoms with Crippen LogP contribution in [0.3, 0.4) is 0 Å². The lowest BCUT2D eigenvalue weighted by Gasteiger charge is -2.35. The first-order valence-electron chi connectivity index (χ1n) is 7.20. The Hall–Kier alpha value is -2.20. The lowest BCUT2D eigenvalue weighted by atomic mass is 9.89. The standard InChI is InChI=1S/C18H21FN2O/c1-18(21(2)3,15-7-5-4-6-8-15)17(22)20-13-14-9-11-16(19)12-10-14/h4-12H,13H2,1-3H3,(H,20,22)/t18-/m0/s1. The van der Waals surface area contributed by atoms with Gasteiger partial charge in [0, 0.05) is 6.54 Å². The molecule has 0 fully saturated rings. The van der Waals surface area contributed by atoms with Crippen LogP contribution in [0.4, 0.5) is 4.39 Å². The van der Waals surface area contributed by atoms with Gasteiger partial charge >= 0.3 is 0 Å². The topological polar surface area (TPSA) is 32.3 Å². The number of carbonyl (C=O) groups excluding carboxylic acids is 1. The first-order chi connectivity index (χ1) is 10.4. The van der Waals surface area contributed by atoms with E-state index in [1.54, 1.807) is 12.1 Å². The second-order valence-corrected chi connectivity index (χ2v) is 5.64. The van der Waals surface area contributed by atoms with Gasteiger partial charge in [-0.1, -0.05) is 42.5 Å². The van der Waals surface area contributed by atoms with Crippen molar-refractivity contribution in [1.29, 1.82) is 0 Å². The highest BCUT2D eigenvalue weighted by atomic mass is 19.1. The largest absolute Gasteiger partial charge is 0.350 e. The minimum absolute atomic E-state index is 0.0898. The Bertz CT molecular complexity index is 625. The van der Waals surface area contributed by atoms with Gasteiger partial charge in [-0.25, -0.2) is 4.39 Å². The maximum Gasteiger partial charge on any atom is 0.245 e. The van der Waals surface area contributed by atoms with Crippen LogP contribution in [0.2, 0.25) is 0 Å². The lowest BCUT2D eigenvalue weighted by Crippen LogP contribution is -2.51. The number of carbonyl (C=O) groups is 1. The van der Waals surface area contributed by atoms with E-state index in [0.29, 0.717) is 6.54 Å². The zero-order valence-corrected chi connectivity index (χ0v) is 13.1. The van der Waals surface area contributed by atoms with E-state index < -0.39 is 5.54 Å². The van der Waals surface area contributed by atoms with Crippen LogP contribution < -0.4 is 5.32 Å². The summed E-state index contributed by atoms with van der Waals surface area (Å²) in [4.78, 5) is 14.6. The van der Waals surface area contributed by atoms with Crippen LogP contribution >= 0.6 is 0 Å². The molecule has 0 radical (unpaired) electrons. The van der Waals surface area contributed by atoms with Gasteiger partial charge in [0.25, 0.3) is 0 Å². The minimum atomic E-state index is -0.763. The number of amides is 1. The van der Waals surface area contributed by atoms with Crippen LogP contribution in [0.15, 0.2) is 54.6 Å². The van der Waals surface area contributed by atoms with Gasteiger partial charge in [-0.2, -0.15) is 0 Å². The van der Waals surface area contributed by atoms with E-state index in [1.165, 1.54) is 12.1 Å². The van der Waals surface area contributed by atoms with Gasteiger partial charge in [0.2, 0.25) is 5.91 Å². The molecule has 2 aromatic carbocycles. The molecule has 1 amide bonds. The third kappa shape index (κ3) is 3.34. The Morgan fingerprint density at radius 2 is 1.68 bits per heavy atom. The Morgan fingerprint density at radius 3 is 2.23 bits per heavy atom. The van der Waals surface area contributed by atoms with E-state index in [1.807, 2.05) is 56.3 Å². The second-order valence-electron chi connectivity index (χ2n) is 5.64. The Balaban J connectivity index is 2.15. The molecule has 0 unspecified atom stereocenters. The zero-order chi connectivity index (χ0) is 16.2. The molecule has 0 aliphatic heterocycles. The van der Waals surface area contributed by atoms with Gasteiger partial charge in [0.1, 0.15) is 11.4 Å². The summed E-state index contributed by atoms with van der Waals surface area (Å²) in [6, 6.07) is 15.8. The smallest absolute Gasteiger partial charge is 0.245 e. The molecule has 0 saturated heterocycles. The average molecular weight is 300 g/mol. The van der Waals surface area contributed by atoms with E-state index in [-0.39, 0.29) is 11.7 Å². The molecule has 0 bridgehead atoms. The van der Waals surface area contributed by atoms with Crippen molar-refractivity contribution in [2.75, 3.05) is 14.1 Å². The summed E-state index contributed by atoms with van der Waals surface area (Å²) in [6.45, 7) is 2.26. The fraction of sp³-hybridized carbons (Fsp3) is 0.278. The Morgan fingerprint density at radius 1 is 1.09 bits per heavy atom. The van der Waals surface area contributed by atoms with E-state index in [4.69, 9.17) is 0 Å². The molecule has 0 spiro atoms. The van der Waals surface area contributed by atoms with Crippen molar-refractivity contribution in [1.82, 2.24) is 10.2 Å². The molecule has 116 valence electrons. The highest BCUT2D eigenvalue weighted by molar-refractivity contribution is 5.87. The molecule has 0 saturated carbocycles. The summed E-state index contributed by atoms with van der Waals surface area (Å²) in [5.74, 6) is -0.370. The molecule has 4 heteroatoms. The maximum absolute atomic E-state index is 12.9. The summed E-state index contributed by atoms with van der Waals surface area (Å²) in [5.41, 5.74) is 1.03. The SMILES string of the molecule is CN(C)[C@](C)(C(=O)NCc1ccc(F)cc1)c1ccccc1. The summed E-state index contributed by atoms with van der Waals surface area (Å²) in [6.07, 6.45) is 0. The quantitative estimate of drug-likeness (QED) is 0.921. The molecule has 0 aliphatic carbocycles. The fourth-order valence-corrected chi connectivity index (χ4v) is 2.31. The minimum Gasteiger partial charge on any atom is -0.350 e. The van der Waals surface area contributed by atoms with Crippen molar-refractivity contribution in [3.8, 4) is 0 Å². The molecule has 1 atom stereocenters. The van der Waals surface area contributed by atoms with Gasteiger partial charge < -0.3 is 5.32 Å². The van der Waals surface area contributed by atoms with Crippen LogP contribution in [-0.4, -0.2) is 24.9 Å². The summed E-state index contributed by atoms with van der Waals surface area (Å²) < 4.78 is 12.9. The van der Waals surface area contributed by atoms with E-state index >= 15 is 0 Å². The van der Waals surface area contributed by atoms with Crippen LogP contribution in [0.25, 0.3) is 0 Å². The Kier molecular flexibility index (Phi) is 4.93. The van der Waals surface area contributed by atoms with E-state index in [0.717, 1.165) is 11.1 Å². The highest BCUT2D eigenvalue weighted by Gasteiger charge is 2.37. The van der Waals surface area contributed by atoms with Crippen molar-refractivity contribution < 1.29 is 9.18 Å². The predicted molar refractivity (Wildman–Crippen MR) is 85.7 cm³/mol. The Labute approximate surface area is 130 Å². The first-order valence-corrected chi connectivity index (χ1v) is 7.20. The van der Waals surface area contributed by atoms with Crippen LogP contribution in [0.5, 0.6) is 0 Å². The lowest BCUT2D eigenvalue weighted by molar-refractivity contribution is -0.131. The molecular formula is C18H21FN2O. The summed E-state index contributed by atoms with van der Waals surface area (Å²) in [5, 5.41) is 2.94. The zero-order valence-electron chi connectivity index (χ0n) is 13.1. The molecule has 0 aliphatic rings. The van der Waals surface area contributed by atoms with Gasteiger partial charge in [0.05, 0.1) is 0 Å². The third-order valence-electron chi connectivity index (χ3n) is 4.04. The summed E-state index contributed by atoms with van der Waals surface area (Å²) in [7, 11) is 3.76. The third-order valence-corrected chi connectivity index (χ3v) is 4.04. The number of benzene rings is 2. The van der Waals surface area contributed by atoms with Crippen molar-refractivity contribution in [3.05, 3.63) is 71.5 Å². The van der Waals surface area contributed by atoms with E-state index in [2.05, 4.69) is 5.32 Å². The van der Waals surface area contributed by atoms with Gasteiger partial charge in [-0.15, -0.1) is 0 Å². The van der Waals surface area contributed by atoms with Gasteiger partial charge in [0.15, 0.2) is 0 Å². The summed E-state index contributed by atoms with van der Waals surface area (Å²) >= 11 is 0.